The average Bonchev–Trinajstić information content (AvgIpc) is 2.09. The number of aliphatic imine (C=N–C) groups is 1. The first-order valence-corrected chi connectivity index (χ1v) is 4.72. The maximum Gasteiger partial charge on any atom is 0.332 e. The molecule has 1 atom stereocenters. The van der Waals surface area contributed by atoms with E-state index in [9.17, 15) is 9.59 Å². The predicted octanol–water partition coefficient (Wildman–Crippen LogP) is 1.55. The van der Waals surface area contributed by atoms with Crippen LogP contribution in [0.4, 0.5) is 0 Å². The van der Waals surface area contributed by atoms with E-state index in [0.29, 0.717) is 6.61 Å². The Morgan fingerprint density at radius 1 is 1.36 bits per heavy atom. The van der Waals surface area contributed by atoms with E-state index < -0.39 is 12.0 Å². The second-order valence-electron chi connectivity index (χ2n) is 3.93. The van der Waals surface area contributed by atoms with Crippen LogP contribution in [0.25, 0.3) is 0 Å². The molecule has 14 heavy (non-hydrogen) atoms. The summed E-state index contributed by atoms with van der Waals surface area (Å²) in [5.74, 6) is -0.208. The van der Waals surface area contributed by atoms with Crippen LogP contribution in [0.1, 0.15) is 27.7 Å². The van der Waals surface area contributed by atoms with Gasteiger partial charge in [0.1, 0.15) is 0 Å². The van der Waals surface area contributed by atoms with Crippen LogP contribution in [0.3, 0.4) is 0 Å². The summed E-state index contributed by atoms with van der Waals surface area (Å²) in [6.45, 7) is 7.86. The highest BCUT2D eigenvalue weighted by Crippen LogP contribution is 2.08. The van der Waals surface area contributed by atoms with Crippen LogP contribution in [-0.2, 0) is 14.3 Å². The number of nitrogens with zero attached hydrogens (tertiary/aromatic N) is 1. The van der Waals surface area contributed by atoms with Gasteiger partial charge in [0.15, 0.2) is 6.04 Å². The standard InChI is InChI=1S/C10H17NO3/c1-7(2)5-14-10(13)9(8(3)4)11-6-12/h7-9H,5H2,1-4H3. The molecule has 0 fully saturated rings. The smallest absolute Gasteiger partial charge is 0.332 e. The second-order valence-corrected chi connectivity index (χ2v) is 3.93. The highest BCUT2D eigenvalue weighted by Gasteiger charge is 2.23. The molecule has 0 radical (unpaired) electrons. The number of isocyanates is 1. The van der Waals surface area contributed by atoms with Gasteiger partial charge in [-0.1, -0.05) is 27.7 Å². The van der Waals surface area contributed by atoms with Crippen molar-refractivity contribution in [1.82, 2.24) is 0 Å². The van der Waals surface area contributed by atoms with Crippen LogP contribution in [0.2, 0.25) is 0 Å². The third-order valence-electron chi connectivity index (χ3n) is 1.62. The molecule has 0 aromatic rings. The molecule has 0 amide bonds. The minimum absolute atomic E-state index is 0.0453. The molecule has 0 N–H and O–H groups in total. The van der Waals surface area contributed by atoms with Crippen LogP contribution in [0.5, 0.6) is 0 Å². The van der Waals surface area contributed by atoms with Gasteiger partial charge in [-0.15, -0.1) is 0 Å². The molecule has 0 rings (SSSR count). The van der Waals surface area contributed by atoms with E-state index in [2.05, 4.69) is 4.99 Å². The van der Waals surface area contributed by atoms with E-state index in [0.717, 1.165) is 0 Å². The lowest BCUT2D eigenvalue weighted by Gasteiger charge is -2.14. The lowest BCUT2D eigenvalue weighted by Crippen LogP contribution is -2.27. The number of carbonyl (C=O) groups excluding carboxylic acids is 2. The zero-order valence-electron chi connectivity index (χ0n) is 9.11. The molecular weight excluding hydrogens is 182 g/mol. The van der Waals surface area contributed by atoms with Crippen LogP contribution in [0, 0.1) is 11.8 Å². The molecule has 0 aliphatic rings. The minimum Gasteiger partial charge on any atom is -0.464 e. The maximum absolute atomic E-state index is 11.4. The molecule has 4 nitrogen and oxygen atoms in total. The summed E-state index contributed by atoms with van der Waals surface area (Å²) in [6.07, 6.45) is 1.39. The number of esters is 1. The van der Waals surface area contributed by atoms with Crippen molar-refractivity contribution in [2.45, 2.75) is 33.7 Å². The van der Waals surface area contributed by atoms with E-state index in [1.807, 2.05) is 27.7 Å². The summed E-state index contributed by atoms with van der Waals surface area (Å²) in [4.78, 5) is 24.9. The number of carbonyl (C=O) groups is 1. The van der Waals surface area contributed by atoms with Crippen LogP contribution in [0.15, 0.2) is 4.99 Å². The zero-order chi connectivity index (χ0) is 11.1. The topological polar surface area (TPSA) is 55.7 Å². The minimum atomic E-state index is -0.716. The summed E-state index contributed by atoms with van der Waals surface area (Å²) in [7, 11) is 0. The van der Waals surface area contributed by atoms with Crippen molar-refractivity contribution in [3.8, 4) is 0 Å². The van der Waals surface area contributed by atoms with Crippen LogP contribution < -0.4 is 0 Å². The lowest BCUT2D eigenvalue weighted by molar-refractivity contribution is -0.147. The van der Waals surface area contributed by atoms with Crippen molar-refractivity contribution in [1.29, 1.82) is 0 Å². The van der Waals surface area contributed by atoms with Crippen molar-refractivity contribution in [2.75, 3.05) is 6.61 Å². The molecule has 0 saturated heterocycles. The Kier molecular flexibility index (Phi) is 5.81. The maximum atomic E-state index is 11.4. The molecule has 0 aromatic heterocycles. The van der Waals surface area contributed by atoms with E-state index in [1.165, 1.54) is 6.08 Å². The summed E-state index contributed by atoms with van der Waals surface area (Å²) in [6, 6.07) is -0.716. The quantitative estimate of drug-likeness (QED) is 0.383. The fourth-order valence-corrected chi connectivity index (χ4v) is 0.865. The second kappa shape index (κ2) is 6.33. The Morgan fingerprint density at radius 2 is 1.93 bits per heavy atom. The number of hydrogen-bond donors (Lipinski definition) is 0. The average molecular weight is 199 g/mol. The fraction of sp³-hybridized carbons (Fsp3) is 0.800. The summed E-state index contributed by atoms with van der Waals surface area (Å²) in [5.41, 5.74) is 0. The van der Waals surface area contributed by atoms with Crippen molar-refractivity contribution >= 4 is 12.0 Å². The van der Waals surface area contributed by atoms with Crippen molar-refractivity contribution in [3.63, 3.8) is 0 Å². The Balaban J connectivity index is 4.23. The highest BCUT2D eigenvalue weighted by atomic mass is 16.5. The van der Waals surface area contributed by atoms with Gasteiger partial charge in [0.25, 0.3) is 0 Å². The molecule has 0 aliphatic carbocycles. The van der Waals surface area contributed by atoms with Gasteiger partial charge < -0.3 is 4.74 Å². The summed E-state index contributed by atoms with van der Waals surface area (Å²) in [5, 5.41) is 0. The predicted molar refractivity (Wildman–Crippen MR) is 52.5 cm³/mol. The third-order valence-corrected chi connectivity index (χ3v) is 1.62. The molecule has 0 bridgehead atoms. The molecule has 0 saturated carbocycles. The van der Waals surface area contributed by atoms with E-state index in [-0.39, 0.29) is 11.8 Å². The summed E-state index contributed by atoms with van der Waals surface area (Å²) >= 11 is 0. The van der Waals surface area contributed by atoms with Gasteiger partial charge in [-0.2, -0.15) is 4.99 Å². The lowest BCUT2D eigenvalue weighted by atomic mass is 10.1. The normalized spacial score (nSPS) is 12.4. The zero-order valence-corrected chi connectivity index (χ0v) is 9.11. The van der Waals surface area contributed by atoms with Gasteiger partial charge in [-0.25, -0.2) is 9.59 Å². The molecule has 80 valence electrons. The van der Waals surface area contributed by atoms with Gasteiger partial charge in [-0.3, -0.25) is 0 Å². The first kappa shape index (κ1) is 12.8. The monoisotopic (exact) mass is 199 g/mol. The molecule has 0 spiro atoms. The van der Waals surface area contributed by atoms with E-state index in [1.54, 1.807) is 0 Å². The van der Waals surface area contributed by atoms with Gasteiger partial charge >= 0.3 is 5.97 Å². The van der Waals surface area contributed by atoms with Gasteiger partial charge in [0.05, 0.1) is 6.61 Å². The molecule has 1 unspecified atom stereocenters. The number of hydrogen-bond acceptors (Lipinski definition) is 4. The van der Waals surface area contributed by atoms with Crippen LogP contribution in [-0.4, -0.2) is 24.7 Å². The summed E-state index contributed by atoms with van der Waals surface area (Å²) < 4.78 is 4.97. The third kappa shape index (κ3) is 4.77. The van der Waals surface area contributed by atoms with Crippen molar-refractivity contribution < 1.29 is 14.3 Å². The molecule has 0 aliphatic heterocycles. The first-order chi connectivity index (χ1) is 6.49. The molecule has 4 heteroatoms. The fourth-order valence-electron chi connectivity index (χ4n) is 0.865. The van der Waals surface area contributed by atoms with Crippen molar-refractivity contribution in [2.24, 2.45) is 16.8 Å². The Morgan fingerprint density at radius 3 is 2.29 bits per heavy atom. The Hall–Kier alpha value is -1.15. The first-order valence-electron chi connectivity index (χ1n) is 4.72. The largest absolute Gasteiger partial charge is 0.464 e. The van der Waals surface area contributed by atoms with Gasteiger partial charge in [-0.05, 0) is 11.8 Å². The van der Waals surface area contributed by atoms with Gasteiger partial charge in [0, 0.05) is 0 Å². The van der Waals surface area contributed by atoms with Crippen LogP contribution >= 0.6 is 0 Å². The number of rotatable bonds is 5. The molecule has 0 heterocycles. The highest BCUT2D eigenvalue weighted by molar-refractivity contribution is 5.77. The molecule has 0 aromatic carbocycles. The van der Waals surface area contributed by atoms with Crippen molar-refractivity contribution in [3.05, 3.63) is 0 Å². The van der Waals surface area contributed by atoms with E-state index >= 15 is 0 Å². The Labute approximate surface area is 84.4 Å². The number of ether oxygens (including phenoxy) is 1. The SMILES string of the molecule is CC(C)COC(=O)C(N=C=O)C(C)C. The Bertz CT molecular complexity index is 230. The molecular formula is C10H17NO3. The van der Waals surface area contributed by atoms with Gasteiger partial charge in [0.2, 0.25) is 6.08 Å². The van der Waals surface area contributed by atoms with E-state index in [4.69, 9.17) is 4.74 Å².